The minimum Gasteiger partial charge on any atom is -0.334 e. The molecule has 1 aromatic heterocycles. The van der Waals surface area contributed by atoms with Crippen molar-refractivity contribution in [2.45, 2.75) is 0 Å². The van der Waals surface area contributed by atoms with Crippen LogP contribution in [0.15, 0.2) is 28.9 Å². The van der Waals surface area contributed by atoms with E-state index in [4.69, 9.17) is 23.2 Å². The number of rotatable bonds is 3. The van der Waals surface area contributed by atoms with Gasteiger partial charge in [0, 0.05) is 10.2 Å². The number of nitrogens with one attached hydrogen (secondary N) is 1. The summed E-state index contributed by atoms with van der Waals surface area (Å²) in [4.78, 5) is 17.6. The van der Waals surface area contributed by atoms with Crippen molar-refractivity contribution in [3.63, 3.8) is 0 Å². The van der Waals surface area contributed by atoms with Gasteiger partial charge in [-0.05, 0) is 45.7 Å². The van der Waals surface area contributed by atoms with Crippen LogP contribution in [0.3, 0.4) is 0 Å². The van der Waals surface area contributed by atoms with E-state index in [1.807, 2.05) is 0 Å². The molecule has 9 heteroatoms. The van der Waals surface area contributed by atoms with Gasteiger partial charge >= 0.3 is 5.69 Å². The van der Waals surface area contributed by atoms with E-state index in [2.05, 4.69) is 31.2 Å². The van der Waals surface area contributed by atoms with Crippen LogP contribution in [0.1, 0.15) is 0 Å². The van der Waals surface area contributed by atoms with E-state index in [9.17, 15) is 10.1 Å². The molecule has 1 N–H and O–H groups in total. The van der Waals surface area contributed by atoms with Gasteiger partial charge in [0.05, 0.1) is 9.95 Å². The van der Waals surface area contributed by atoms with E-state index in [0.717, 1.165) is 10.7 Å². The highest BCUT2D eigenvalue weighted by Crippen LogP contribution is 2.30. The summed E-state index contributed by atoms with van der Waals surface area (Å²) in [6.45, 7) is 0. The lowest BCUT2D eigenvalue weighted by molar-refractivity contribution is -0.384. The standard InChI is InChI=1S/C10H5BrCl2N4O2/c11-6-2-1-5(3-7(6)12)15-9-8(17(18)19)4-14-10(13)16-9/h1-4H,(H,14,15,16). The number of hydrogen-bond donors (Lipinski definition) is 1. The molecule has 6 nitrogen and oxygen atoms in total. The summed E-state index contributed by atoms with van der Waals surface area (Å²) in [5.41, 5.74) is 0.273. The maximum atomic E-state index is 10.9. The van der Waals surface area contributed by atoms with Crippen molar-refractivity contribution in [1.82, 2.24) is 9.97 Å². The van der Waals surface area contributed by atoms with Crippen LogP contribution in [0.5, 0.6) is 0 Å². The number of aromatic nitrogens is 2. The Labute approximate surface area is 126 Å². The fourth-order valence-corrected chi connectivity index (χ4v) is 1.85. The van der Waals surface area contributed by atoms with Crippen molar-refractivity contribution in [3.8, 4) is 0 Å². The predicted octanol–water partition coefficient (Wildman–Crippen LogP) is 4.20. The maximum Gasteiger partial charge on any atom is 0.329 e. The zero-order valence-electron chi connectivity index (χ0n) is 9.10. The Morgan fingerprint density at radius 1 is 1.37 bits per heavy atom. The van der Waals surface area contributed by atoms with Crippen molar-refractivity contribution in [1.29, 1.82) is 0 Å². The van der Waals surface area contributed by atoms with Gasteiger partial charge in [-0.1, -0.05) is 11.6 Å². The van der Waals surface area contributed by atoms with E-state index in [-0.39, 0.29) is 16.8 Å². The number of anilines is 2. The lowest BCUT2D eigenvalue weighted by Crippen LogP contribution is -2.01. The molecule has 0 bridgehead atoms. The Balaban J connectivity index is 2.39. The first-order chi connectivity index (χ1) is 8.97. The highest BCUT2D eigenvalue weighted by Gasteiger charge is 2.17. The highest BCUT2D eigenvalue weighted by molar-refractivity contribution is 9.10. The summed E-state index contributed by atoms with van der Waals surface area (Å²) in [6.07, 6.45) is 1.04. The van der Waals surface area contributed by atoms with Crippen molar-refractivity contribution in [2.75, 3.05) is 5.32 Å². The third-order valence-corrected chi connectivity index (χ3v) is 3.53. The van der Waals surface area contributed by atoms with E-state index in [1.165, 1.54) is 0 Å². The Hall–Kier alpha value is -1.44. The van der Waals surface area contributed by atoms with Crippen molar-refractivity contribution in [3.05, 3.63) is 49.3 Å². The Bertz CT molecular complexity index is 653. The lowest BCUT2D eigenvalue weighted by atomic mass is 10.3. The van der Waals surface area contributed by atoms with Crippen LogP contribution in [-0.2, 0) is 0 Å². The second-order valence-corrected chi connectivity index (χ2v) is 4.98. The first-order valence-electron chi connectivity index (χ1n) is 4.86. The quantitative estimate of drug-likeness (QED) is 0.502. The summed E-state index contributed by atoms with van der Waals surface area (Å²) in [7, 11) is 0. The molecule has 1 heterocycles. The third kappa shape index (κ3) is 3.31. The third-order valence-electron chi connectivity index (χ3n) is 2.12. The highest BCUT2D eigenvalue weighted by atomic mass is 79.9. The van der Waals surface area contributed by atoms with Gasteiger partial charge in [0.15, 0.2) is 0 Å². The van der Waals surface area contributed by atoms with Crippen molar-refractivity contribution in [2.24, 2.45) is 0 Å². The van der Waals surface area contributed by atoms with Gasteiger partial charge in [-0.2, -0.15) is 4.98 Å². The molecular formula is C10H5BrCl2N4O2. The molecule has 0 aliphatic carbocycles. The second-order valence-electron chi connectivity index (χ2n) is 3.38. The van der Waals surface area contributed by atoms with Crippen LogP contribution in [0.25, 0.3) is 0 Å². The normalized spacial score (nSPS) is 10.3. The van der Waals surface area contributed by atoms with Crippen LogP contribution in [-0.4, -0.2) is 14.9 Å². The summed E-state index contributed by atoms with van der Waals surface area (Å²) >= 11 is 14.8. The average Bonchev–Trinajstić information content (AvgIpc) is 2.33. The molecular weight excluding hydrogens is 359 g/mol. The zero-order chi connectivity index (χ0) is 14.0. The molecule has 0 spiro atoms. The molecule has 2 aromatic rings. The van der Waals surface area contributed by atoms with Gasteiger partial charge in [0.1, 0.15) is 6.20 Å². The molecule has 0 unspecified atom stereocenters. The molecule has 0 radical (unpaired) electrons. The number of nitro groups is 1. The Kier molecular flexibility index (Phi) is 4.18. The minimum atomic E-state index is -0.598. The largest absolute Gasteiger partial charge is 0.334 e. The van der Waals surface area contributed by atoms with E-state index < -0.39 is 4.92 Å². The van der Waals surface area contributed by atoms with Crippen LogP contribution >= 0.6 is 39.1 Å². The molecule has 0 amide bonds. The van der Waals surface area contributed by atoms with E-state index in [1.54, 1.807) is 18.2 Å². The first kappa shape index (κ1) is 14.0. The summed E-state index contributed by atoms with van der Waals surface area (Å²) in [5, 5.41) is 14.0. The minimum absolute atomic E-state index is 0.00314. The molecule has 0 aliphatic rings. The lowest BCUT2D eigenvalue weighted by Gasteiger charge is -2.07. The molecule has 0 fully saturated rings. The van der Waals surface area contributed by atoms with E-state index >= 15 is 0 Å². The fourth-order valence-electron chi connectivity index (χ4n) is 1.29. The molecule has 0 atom stereocenters. The summed E-state index contributed by atoms with van der Waals surface area (Å²) in [6, 6.07) is 5.00. The topological polar surface area (TPSA) is 81.0 Å². The predicted molar refractivity (Wildman–Crippen MR) is 76.1 cm³/mol. The Morgan fingerprint density at radius 3 is 2.74 bits per heavy atom. The van der Waals surface area contributed by atoms with Crippen LogP contribution < -0.4 is 5.32 Å². The van der Waals surface area contributed by atoms with Gasteiger partial charge in [-0.25, -0.2) is 4.98 Å². The smallest absolute Gasteiger partial charge is 0.329 e. The number of hydrogen-bond acceptors (Lipinski definition) is 5. The second kappa shape index (κ2) is 5.68. The molecule has 0 saturated carbocycles. The van der Waals surface area contributed by atoms with Crippen LogP contribution in [0, 0.1) is 10.1 Å². The molecule has 0 aliphatic heterocycles. The van der Waals surface area contributed by atoms with Gasteiger partial charge in [-0.3, -0.25) is 10.1 Å². The van der Waals surface area contributed by atoms with Gasteiger partial charge < -0.3 is 5.32 Å². The Morgan fingerprint density at radius 2 is 2.11 bits per heavy atom. The first-order valence-corrected chi connectivity index (χ1v) is 6.41. The summed E-state index contributed by atoms with van der Waals surface area (Å²) in [5.74, 6) is 0.00314. The molecule has 19 heavy (non-hydrogen) atoms. The molecule has 98 valence electrons. The zero-order valence-corrected chi connectivity index (χ0v) is 12.2. The summed E-state index contributed by atoms with van der Waals surface area (Å²) < 4.78 is 0.718. The monoisotopic (exact) mass is 362 g/mol. The molecule has 0 saturated heterocycles. The number of nitrogens with zero attached hydrogens (tertiary/aromatic N) is 3. The number of halogens is 3. The van der Waals surface area contributed by atoms with Crippen molar-refractivity contribution >= 4 is 56.3 Å². The number of benzene rings is 1. The van der Waals surface area contributed by atoms with Gasteiger partial charge in [-0.15, -0.1) is 0 Å². The SMILES string of the molecule is O=[N+]([O-])c1cnc(Cl)nc1Nc1ccc(Br)c(Cl)c1. The van der Waals surface area contributed by atoms with Crippen LogP contribution in [0.2, 0.25) is 10.3 Å². The molecule has 1 aromatic carbocycles. The fraction of sp³-hybridized carbons (Fsp3) is 0. The van der Waals surface area contributed by atoms with Crippen LogP contribution in [0.4, 0.5) is 17.2 Å². The molecule has 2 rings (SSSR count). The average molecular weight is 364 g/mol. The van der Waals surface area contributed by atoms with Gasteiger partial charge in [0.25, 0.3) is 0 Å². The maximum absolute atomic E-state index is 10.9. The van der Waals surface area contributed by atoms with Crippen molar-refractivity contribution < 1.29 is 4.92 Å². The van der Waals surface area contributed by atoms with E-state index in [0.29, 0.717) is 10.7 Å². The van der Waals surface area contributed by atoms with Gasteiger partial charge in [0.2, 0.25) is 11.1 Å².